The summed E-state index contributed by atoms with van der Waals surface area (Å²) in [6.45, 7) is 6.99. The maximum Gasteiger partial charge on any atom is 0.338 e. The normalized spacial score (nSPS) is 35.5. The van der Waals surface area contributed by atoms with E-state index in [1.807, 2.05) is 13.0 Å². The summed E-state index contributed by atoms with van der Waals surface area (Å²) in [5.41, 5.74) is 1.61. The predicted molar refractivity (Wildman–Crippen MR) is 79.0 cm³/mol. The van der Waals surface area contributed by atoms with Crippen molar-refractivity contribution in [3.8, 4) is 0 Å². The third-order valence-corrected chi connectivity index (χ3v) is 4.36. The molecular weight excluding hydrogens is 300 g/mol. The van der Waals surface area contributed by atoms with E-state index in [1.165, 1.54) is 6.92 Å². The molecule has 0 N–H and O–H groups in total. The Morgan fingerprint density at radius 1 is 1.30 bits per heavy atom. The number of carbonyl (C=O) groups excluding carboxylic acids is 3. The summed E-state index contributed by atoms with van der Waals surface area (Å²) >= 11 is 0. The number of hydrogen-bond donors (Lipinski definition) is 0. The lowest BCUT2D eigenvalue weighted by molar-refractivity contribution is -0.147. The van der Waals surface area contributed by atoms with Crippen LogP contribution >= 0.6 is 0 Å². The Morgan fingerprint density at radius 3 is 2.74 bits per heavy atom. The first-order chi connectivity index (χ1) is 10.9. The zero-order valence-electron chi connectivity index (χ0n) is 13.0. The first-order valence-corrected chi connectivity index (χ1v) is 7.52. The number of rotatable bonds is 1. The van der Waals surface area contributed by atoms with Crippen molar-refractivity contribution in [1.82, 2.24) is 0 Å². The minimum absolute atomic E-state index is 0.307. The Labute approximate surface area is 133 Å². The van der Waals surface area contributed by atoms with E-state index >= 15 is 0 Å². The van der Waals surface area contributed by atoms with Crippen LogP contribution in [-0.2, 0) is 28.6 Å². The van der Waals surface area contributed by atoms with Gasteiger partial charge in [0.1, 0.15) is 18.3 Å². The van der Waals surface area contributed by atoms with E-state index in [0.717, 1.165) is 5.57 Å². The van der Waals surface area contributed by atoms with Crippen molar-refractivity contribution in [1.29, 1.82) is 0 Å². The van der Waals surface area contributed by atoms with Crippen LogP contribution in [-0.4, -0.2) is 36.2 Å². The van der Waals surface area contributed by atoms with Crippen LogP contribution in [0.1, 0.15) is 26.7 Å². The molecule has 2 heterocycles. The number of hydrogen-bond acceptors (Lipinski definition) is 6. The van der Waals surface area contributed by atoms with Crippen LogP contribution in [0, 0.1) is 5.92 Å². The molecule has 0 aromatic heterocycles. The second-order valence-electron chi connectivity index (χ2n) is 6.08. The molecule has 3 rings (SSSR count). The van der Waals surface area contributed by atoms with Gasteiger partial charge in [0.05, 0.1) is 11.5 Å². The van der Waals surface area contributed by atoms with Gasteiger partial charge in [-0.3, -0.25) is 4.79 Å². The molecule has 2 aliphatic heterocycles. The quantitative estimate of drug-likeness (QED) is 0.316. The standard InChI is InChI=1S/C17H18O6/c1-8-4-5-12(21-10(3)18)11-7-14(23-17(11)20)15-9(2)16(19)22-13(15)6-8/h4,7,12-15H,2,5-6H2,1,3H3/b8-4+/t12-,13-,14+,15+/m0/s1. The van der Waals surface area contributed by atoms with Crippen molar-refractivity contribution in [2.24, 2.45) is 5.92 Å². The molecule has 0 amide bonds. The van der Waals surface area contributed by atoms with Crippen molar-refractivity contribution < 1.29 is 28.6 Å². The van der Waals surface area contributed by atoms with Crippen LogP contribution in [0.15, 0.2) is 35.5 Å². The second kappa shape index (κ2) is 5.68. The minimum Gasteiger partial charge on any atom is -0.458 e. The number of ether oxygens (including phenoxy) is 3. The summed E-state index contributed by atoms with van der Waals surface area (Å²) in [5.74, 6) is -1.86. The maximum absolute atomic E-state index is 12.2. The first-order valence-electron chi connectivity index (χ1n) is 7.52. The fraction of sp³-hybridized carbons (Fsp3) is 0.471. The lowest BCUT2D eigenvalue weighted by atomic mass is 9.86. The van der Waals surface area contributed by atoms with E-state index in [-0.39, 0.29) is 0 Å². The van der Waals surface area contributed by atoms with Gasteiger partial charge in [0.15, 0.2) is 0 Å². The fourth-order valence-corrected chi connectivity index (χ4v) is 3.26. The number of esters is 3. The largest absolute Gasteiger partial charge is 0.458 e. The Morgan fingerprint density at radius 2 is 2.04 bits per heavy atom. The summed E-state index contributed by atoms with van der Waals surface area (Å²) < 4.78 is 16.0. The van der Waals surface area contributed by atoms with Gasteiger partial charge in [0, 0.05) is 25.3 Å². The smallest absolute Gasteiger partial charge is 0.338 e. The minimum atomic E-state index is -0.678. The van der Waals surface area contributed by atoms with Crippen LogP contribution in [0.25, 0.3) is 0 Å². The van der Waals surface area contributed by atoms with Crippen LogP contribution in [0.4, 0.5) is 0 Å². The monoisotopic (exact) mass is 318 g/mol. The summed E-state index contributed by atoms with van der Waals surface area (Å²) in [6, 6.07) is 0. The van der Waals surface area contributed by atoms with Gasteiger partial charge < -0.3 is 14.2 Å². The molecule has 1 aliphatic carbocycles. The van der Waals surface area contributed by atoms with Gasteiger partial charge in [-0.1, -0.05) is 18.2 Å². The third kappa shape index (κ3) is 2.81. The van der Waals surface area contributed by atoms with E-state index in [1.54, 1.807) is 6.08 Å². The number of carbonyl (C=O) groups is 3. The van der Waals surface area contributed by atoms with Crippen LogP contribution in [0.3, 0.4) is 0 Å². The Bertz CT molecular complexity index is 656. The molecule has 0 unspecified atom stereocenters. The Hall–Kier alpha value is -2.37. The third-order valence-electron chi connectivity index (χ3n) is 4.36. The van der Waals surface area contributed by atoms with Crippen molar-refractivity contribution >= 4 is 17.9 Å². The van der Waals surface area contributed by atoms with Crippen LogP contribution in [0.5, 0.6) is 0 Å². The molecule has 0 radical (unpaired) electrons. The van der Waals surface area contributed by atoms with Crippen molar-refractivity contribution in [2.45, 2.75) is 45.0 Å². The highest BCUT2D eigenvalue weighted by Gasteiger charge is 2.48. The van der Waals surface area contributed by atoms with E-state index < -0.39 is 42.1 Å². The molecule has 0 spiro atoms. The van der Waals surface area contributed by atoms with Crippen LogP contribution < -0.4 is 0 Å². The van der Waals surface area contributed by atoms with Gasteiger partial charge in [-0.2, -0.15) is 0 Å². The highest BCUT2D eigenvalue weighted by Crippen LogP contribution is 2.39. The summed E-state index contributed by atoms with van der Waals surface area (Å²) in [4.78, 5) is 35.3. The molecule has 122 valence electrons. The van der Waals surface area contributed by atoms with Crippen molar-refractivity contribution in [3.05, 3.63) is 35.5 Å². The Balaban J connectivity index is 2.00. The summed E-state index contributed by atoms with van der Waals surface area (Å²) in [5, 5.41) is 0. The first kappa shape index (κ1) is 15.5. The zero-order valence-corrected chi connectivity index (χ0v) is 13.0. The maximum atomic E-state index is 12.2. The fourth-order valence-electron chi connectivity index (χ4n) is 3.26. The molecule has 6 nitrogen and oxygen atoms in total. The predicted octanol–water partition coefficient (Wildman–Crippen LogP) is 1.61. The molecule has 0 saturated carbocycles. The van der Waals surface area contributed by atoms with Gasteiger partial charge in [-0.05, 0) is 13.0 Å². The molecule has 6 heteroatoms. The lowest BCUT2D eigenvalue weighted by Gasteiger charge is -2.22. The lowest BCUT2D eigenvalue weighted by Crippen LogP contribution is -2.29. The molecule has 0 aromatic carbocycles. The molecule has 3 aliphatic rings. The van der Waals surface area contributed by atoms with Gasteiger partial charge in [0.25, 0.3) is 0 Å². The average Bonchev–Trinajstić information content (AvgIpc) is 2.95. The molecule has 0 aromatic rings. The van der Waals surface area contributed by atoms with E-state index in [9.17, 15) is 14.4 Å². The SMILES string of the molecule is C=C1C(=O)O[C@H]2C/C(C)=C/C[C@H](OC(C)=O)C3=C[C@@H](OC3=O)[C@H]12. The van der Waals surface area contributed by atoms with Gasteiger partial charge in [-0.15, -0.1) is 0 Å². The van der Waals surface area contributed by atoms with Crippen molar-refractivity contribution in [2.75, 3.05) is 0 Å². The summed E-state index contributed by atoms with van der Waals surface area (Å²) in [7, 11) is 0. The van der Waals surface area contributed by atoms with Crippen molar-refractivity contribution in [3.63, 3.8) is 0 Å². The topological polar surface area (TPSA) is 78.9 Å². The average molecular weight is 318 g/mol. The van der Waals surface area contributed by atoms with Crippen LogP contribution in [0.2, 0.25) is 0 Å². The molecule has 2 bridgehead atoms. The summed E-state index contributed by atoms with van der Waals surface area (Å²) in [6.07, 6.45) is 2.74. The molecular formula is C17H18O6. The van der Waals surface area contributed by atoms with Gasteiger partial charge in [-0.25, -0.2) is 9.59 Å². The number of fused-ring (bicyclic) bond motifs is 3. The Kier molecular flexibility index (Phi) is 3.83. The highest BCUT2D eigenvalue weighted by atomic mass is 16.6. The molecule has 23 heavy (non-hydrogen) atoms. The van der Waals surface area contributed by atoms with Gasteiger partial charge >= 0.3 is 17.9 Å². The second-order valence-corrected chi connectivity index (χ2v) is 6.08. The molecule has 1 saturated heterocycles. The van der Waals surface area contributed by atoms with E-state index in [2.05, 4.69) is 6.58 Å². The van der Waals surface area contributed by atoms with Gasteiger partial charge in [0.2, 0.25) is 0 Å². The highest BCUT2D eigenvalue weighted by molar-refractivity contribution is 5.94. The van der Waals surface area contributed by atoms with E-state index in [4.69, 9.17) is 14.2 Å². The zero-order chi connectivity index (χ0) is 16.7. The molecule has 4 atom stereocenters. The van der Waals surface area contributed by atoms with E-state index in [0.29, 0.717) is 24.0 Å². The molecule has 1 fully saturated rings.